The Morgan fingerprint density at radius 2 is 0.543 bits per heavy atom. The third kappa shape index (κ3) is 49.5. The van der Waals surface area contributed by atoms with Gasteiger partial charge in [0.25, 0.3) is 0 Å². The second kappa shape index (κ2) is 64.2. The van der Waals surface area contributed by atoms with E-state index < -0.39 is 231 Å². The van der Waals surface area contributed by atoms with Crippen LogP contribution in [-0.2, 0) is 195 Å². The van der Waals surface area contributed by atoms with E-state index in [2.05, 4.69) is 37.2 Å². The highest BCUT2D eigenvalue weighted by atomic mass is 16.7. The Kier molecular flexibility index (Phi) is 56.4. The van der Waals surface area contributed by atoms with Crippen molar-refractivity contribution in [2.45, 2.75) is 226 Å². The van der Waals surface area contributed by atoms with Crippen LogP contribution in [-0.4, -0.2) is 382 Å². The molecule has 3 rings (SSSR count). The normalized spacial score (nSPS) is 22.3. The van der Waals surface area contributed by atoms with Gasteiger partial charge in [0.15, 0.2) is 55.5 Å². The maximum Gasteiger partial charge on any atom is 0.326 e. The minimum Gasteiger partial charge on any atom is -0.480 e. The molecule has 0 aliphatic carbocycles. The van der Waals surface area contributed by atoms with Gasteiger partial charge in [0.2, 0.25) is 41.4 Å². The number of carboxylic acids is 1. The van der Waals surface area contributed by atoms with Crippen LogP contribution in [0.3, 0.4) is 0 Å². The van der Waals surface area contributed by atoms with Crippen LogP contribution >= 0.6 is 0 Å². The molecule has 0 aromatic carbocycles. The molecule has 3 fully saturated rings. The van der Waals surface area contributed by atoms with Crippen LogP contribution < -0.4 is 37.2 Å². The van der Waals surface area contributed by atoms with Gasteiger partial charge in [-0.15, -0.1) is 0 Å². The number of rotatable bonds is 65. The van der Waals surface area contributed by atoms with E-state index >= 15 is 0 Å². The van der Waals surface area contributed by atoms with Gasteiger partial charge in [-0.3, -0.25) is 76.7 Å². The zero-order valence-electron chi connectivity index (χ0n) is 73.6. The lowest BCUT2D eigenvalue weighted by Crippen LogP contribution is -2.66. The Morgan fingerprint density at radius 3 is 0.803 bits per heavy atom. The molecule has 0 aromatic rings. The van der Waals surface area contributed by atoms with Crippen molar-refractivity contribution >= 4 is 101 Å². The van der Waals surface area contributed by atoms with Crippen molar-refractivity contribution in [1.82, 2.24) is 37.2 Å². The number of esters is 9. The van der Waals surface area contributed by atoms with Crippen LogP contribution in [0.1, 0.15) is 122 Å². The van der Waals surface area contributed by atoms with Gasteiger partial charge >= 0.3 is 59.7 Å². The maximum atomic E-state index is 13.8. The van der Waals surface area contributed by atoms with Gasteiger partial charge < -0.3 is 156 Å². The van der Waals surface area contributed by atoms with E-state index in [1.54, 1.807) is 0 Å². The summed E-state index contributed by atoms with van der Waals surface area (Å²) in [7, 11) is 0. The summed E-state index contributed by atoms with van der Waals surface area (Å²) < 4.78 is 133. The van der Waals surface area contributed by atoms with Crippen LogP contribution in [0.25, 0.3) is 0 Å². The predicted molar refractivity (Wildman–Crippen MR) is 422 cm³/mol. The molecule has 724 valence electrons. The highest BCUT2D eigenvalue weighted by Crippen LogP contribution is 2.32. The number of hydrogen-bond donors (Lipinski definition) is 8. The third-order valence-electron chi connectivity index (χ3n) is 17.4. The molecule has 49 heteroatoms. The number of carbonyl (C=O) groups is 17. The van der Waals surface area contributed by atoms with Crippen molar-refractivity contribution in [2.24, 2.45) is 0 Å². The van der Waals surface area contributed by atoms with Crippen molar-refractivity contribution in [3.63, 3.8) is 0 Å². The van der Waals surface area contributed by atoms with Crippen molar-refractivity contribution in [3.05, 3.63) is 0 Å². The molecule has 3 aliphatic rings. The van der Waals surface area contributed by atoms with E-state index in [0.29, 0.717) is 12.8 Å². The molecule has 3 heterocycles. The van der Waals surface area contributed by atoms with Gasteiger partial charge in [-0.25, -0.2) is 4.79 Å². The maximum absolute atomic E-state index is 13.8. The molecule has 0 radical (unpaired) electrons. The van der Waals surface area contributed by atoms with Crippen LogP contribution in [0, 0.1) is 0 Å². The van der Waals surface area contributed by atoms with E-state index in [4.69, 9.17) is 114 Å². The van der Waals surface area contributed by atoms with Gasteiger partial charge in [0, 0.05) is 96.2 Å². The monoisotopic (exact) mass is 1830 g/mol. The van der Waals surface area contributed by atoms with E-state index in [0.717, 1.165) is 62.3 Å². The van der Waals surface area contributed by atoms with E-state index in [1.807, 2.05) is 0 Å². The van der Waals surface area contributed by atoms with Crippen LogP contribution in [0.15, 0.2) is 0 Å². The summed E-state index contributed by atoms with van der Waals surface area (Å²) in [5, 5.41) is 28.4. The Labute approximate surface area is 733 Å². The lowest BCUT2D eigenvalue weighted by molar-refractivity contribution is -0.279. The molecule has 0 saturated carbocycles. The summed E-state index contributed by atoms with van der Waals surface area (Å²) in [4.78, 5) is 209. The molecule has 7 amide bonds. The first-order valence-electron chi connectivity index (χ1n) is 41.1. The second-order valence-electron chi connectivity index (χ2n) is 28.3. The fourth-order valence-corrected chi connectivity index (χ4v) is 12.3. The van der Waals surface area contributed by atoms with Gasteiger partial charge in [0.1, 0.15) is 88.2 Å². The van der Waals surface area contributed by atoms with Crippen molar-refractivity contribution < 1.29 is 200 Å². The topological polar surface area (TPSA) is 616 Å². The molecule has 0 aromatic heterocycles. The van der Waals surface area contributed by atoms with Gasteiger partial charge in [-0.05, 0) is 38.5 Å². The van der Waals surface area contributed by atoms with Crippen LogP contribution in [0.2, 0.25) is 0 Å². The zero-order chi connectivity index (χ0) is 94.2. The highest BCUT2D eigenvalue weighted by Gasteiger charge is 2.54. The summed E-state index contributed by atoms with van der Waals surface area (Å²) in [6, 6.07) is -6.22. The van der Waals surface area contributed by atoms with Crippen molar-refractivity contribution in [3.8, 4) is 0 Å². The first kappa shape index (κ1) is 112. The van der Waals surface area contributed by atoms with Crippen LogP contribution in [0.5, 0.6) is 0 Å². The highest BCUT2D eigenvalue weighted by molar-refractivity contribution is 5.90. The molecule has 8 N–H and O–H groups in total. The predicted octanol–water partition coefficient (Wildman–Crippen LogP) is -4.22. The molecule has 0 spiro atoms. The number of carbonyl (C=O) groups excluding carboxylic acids is 16. The number of amides is 7. The minimum absolute atomic E-state index is 0.00367. The summed E-state index contributed by atoms with van der Waals surface area (Å²) in [6.45, 7) is 11.6. The number of aliphatic carboxylic acids is 1. The molecular formula is C78H125N7O42. The zero-order valence-corrected chi connectivity index (χ0v) is 73.6. The second-order valence-corrected chi connectivity index (χ2v) is 28.3. The molecule has 127 heavy (non-hydrogen) atoms. The largest absolute Gasteiger partial charge is 0.480 e. The van der Waals surface area contributed by atoms with E-state index in [-0.39, 0.29) is 171 Å². The number of carboxylic acid groups (broad SMARTS) is 1. The van der Waals surface area contributed by atoms with Gasteiger partial charge in [-0.1, -0.05) is 0 Å². The molecule has 0 bridgehead atoms. The first-order chi connectivity index (χ1) is 60.5. The lowest BCUT2D eigenvalue weighted by Gasteiger charge is -2.44. The smallest absolute Gasteiger partial charge is 0.326 e. The molecule has 3 saturated heterocycles. The Balaban J connectivity index is 1.47. The quantitative estimate of drug-likeness (QED) is 0.0163. The fourth-order valence-electron chi connectivity index (χ4n) is 12.3. The Bertz CT molecular complexity index is 3430. The summed E-state index contributed by atoms with van der Waals surface area (Å²) in [5.74, 6) is -12.2. The van der Waals surface area contributed by atoms with Gasteiger partial charge in [0.05, 0.1) is 119 Å². The summed E-state index contributed by atoms with van der Waals surface area (Å²) >= 11 is 0. The average Bonchev–Trinajstić information content (AvgIpc) is 0.796. The molecule has 17 atom stereocenters. The average molecular weight is 1830 g/mol. The van der Waals surface area contributed by atoms with E-state index in [9.17, 15) is 86.6 Å². The number of ether oxygens (including phenoxy) is 24. The number of hydrogen-bond acceptors (Lipinski definition) is 41. The Morgan fingerprint density at radius 1 is 0.291 bits per heavy atom. The number of unbranched alkanes of at least 4 members (excludes halogenated alkanes) is 2. The van der Waals surface area contributed by atoms with E-state index in [1.165, 1.54) is 20.8 Å². The molecule has 49 nitrogen and oxygen atoms in total. The standard InChI is InChI=1S/C78H125N7O42/c1-45(86)81-65-71(122-54(10)95)68(119-51(7)92)59(39-116-48(4)89)125-76(65)113-36-33-107-24-21-104-27-30-110-42-62(98)79-19-15-13-17-57(84-64(100)44-112-32-29-106-23-26-109-35-38-115-78-67(83-47(3)88)73(124-56(12)97)70(121-53(9)94)61(127-78)41-118-50(6)91)74(101)85-58(75(102)103)18-14-16-20-80-63(99)43-111-31-28-105-22-25-108-34-37-114-77-66(82-46(2)87)72(123-55(11)96)69(120-52(8)93)60(126-77)40-117-49(5)90/h57-61,65-73,76-78H,13-44H2,1-12H3,(H,79,98)(H,80,99)(H,81,86)(H,82,87)(H,83,88)(H,84,100)(H,85,101)(H,102,103)/t57?,58?,59-,60-,61-,65-,66-,67-,68+,69+,70+,71-,72?,73-,76-,77-,78-/m1/s1. The van der Waals surface area contributed by atoms with Crippen molar-refractivity contribution in [2.75, 3.05) is 172 Å². The summed E-state index contributed by atoms with van der Waals surface area (Å²) in [6.07, 6.45) is -14.3. The lowest BCUT2D eigenvalue weighted by atomic mass is 9.96. The SMILES string of the molecule is CC(=O)N[C@H]1[C@H](OCCOCCOCCOCC(=O)NCCCCC(NC(=O)COCCOCCOCCO[C@@H]2O[C@H](COC(C)=O)[C@H](OC(C)=O)[C@H](OC(C)=O)[C@H]2NC(C)=O)C(=O)NC(CCCCNC(=O)COCCOCCOCCO[C@@H]2O[C@H](COC(C)=O)[C@H](OC(C)=O)C(OC(C)=O)[C@H]2NC(C)=O)C(=O)O)O[C@H](COC(C)=O)[C@H](OC(C)=O)[C@@H]1OC(C)=O. The van der Waals surface area contributed by atoms with Crippen LogP contribution in [0.4, 0.5) is 0 Å². The Hall–Kier alpha value is -9.61. The minimum atomic E-state index is -1.42. The molecule has 3 aliphatic heterocycles. The number of nitrogens with one attached hydrogen (secondary N) is 7. The molecule has 3 unspecified atom stereocenters. The third-order valence-corrected chi connectivity index (χ3v) is 17.4. The first-order valence-corrected chi connectivity index (χ1v) is 41.1. The fraction of sp³-hybridized carbons (Fsp3) is 0.782. The van der Waals surface area contributed by atoms with Gasteiger partial charge in [-0.2, -0.15) is 0 Å². The van der Waals surface area contributed by atoms with Crippen molar-refractivity contribution in [1.29, 1.82) is 0 Å². The summed E-state index contributed by atoms with van der Waals surface area (Å²) in [5.41, 5.74) is 0. The molecular weight excluding hydrogens is 1710 g/mol.